The molecule has 0 spiro atoms. The van der Waals surface area contributed by atoms with Gasteiger partial charge in [0.15, 0.2) is 0 Å². The quantitative estimate of drug-likeness (QED) is 0.731. The molecular formula is C15H15N3OS. The SMILES string of the molecule is O=c1cnc2ccccc2n1CCNCc1cccs1. The van der Waals surface area contributed by atoms with Crippen molar-refractivity contribution < 1.29 is 0 Å². The highest BCUT2D eigenvalue weighted by Crippen LogP contribution is 2.08. The summed E-state index contributed by atoms with van der Waals surface area (Å²) in [5.74, 6) is 0. The van der Waals surface area contributed by atoms with Gasteiger partial charge in [0.2, 0.25) is 0 Å². The first-order chi connectivity index (χ1) is 9.84. The fraction of sp³-hybridized carbons (Fsp3) is 0.200. The molecular weight excluding hydrogens is 270 g/mol. The molecule has 0 aliphatic carbocycles. The summed E-state index contributed by atoms with van der Waals surface area (Å²) in [6, 6.07) is 11.9. The number of rotatable bonds is 5. The van der Waals surface area contributed by atoms with E-state index in [0.29, 0.717) is 6.54 Å². The van der Waals surface area contributed by atoms with Gasteiger partial charge >= 0.3 is 0 Å². The Morgan fingerprint density at radius 2 is 2.10 bits per heavy atom. The highest BCUT2D eigenvalue weighted by atomic mass is 32.1. The zero-order valence-corrected chi connectivity index (χ0v) is 11.8. The molecule has 1 aromatic carbocycles. The molecule has 0 radical (unpaired) electrons. The zero-order valence-electron chi connectivity index (χ0n) is 11.0. The van der Waals surface area contributed by atoms with Crippen LogP contribution in [0.3, 0.4) is 0 Å². The van der Waals surface area contributed by atoms with E-state index in [1.54, 1.807) is 15.9 Å². The molecule has 0 saturated heterocycles. The summed E-state index contributed by atoms with van der Waals surface area (Å²) < 4.78 is 1.77. The third kappa shape index (κ3) is 2.79. The van der Waals surface area contributed by atoms with Crippen LogP contribution < -0.4 is 10.9 Å². The molecule has 102 valence electrons. The van der Waals surface area contributed by atoms with Crippen molar-refractivity contribution in [1.29, 1.82) is 0 Å². The second-order valence-electron chi connectivity index (χ2n) is 4.49. The number of benzene rings is 1. The van der Waals surface area contributed by atoms with Crippen molar-refractivity contribution in [2.45, 2.75) is 13.1 Å². The molecule has 0 fully saturated rings. The van der Waals surface area contributed by atoms with Crippen LogP contribution in [0.2, 0.25) is 0 Å². The first-order valence-corrected chi connectivity index (χ1v) is 7.40. The predicted octanol–water partition coefficient (Wildman–Crippen LogP) is 2.25. The molecule has 2 aromatic heterocycles. The molecule has 0 aliphatic rings. The van der Waals surface area contributed by atoms with Gasteiger partial charge in [-0.3, -0.25) is 4.79 Å². The molecule has 0 atom stereocenters. The Kier molecular flexibility index (Phi) is 3.90. The summed E-state index contributed by atoms with van der Waals surface area (Å²) in [6.45, 7) is 2.24. The third-order valence-corrected chi connectivity index (χ3v) is 4.02. The van der Waals surface area contributed by atoms with Crippen LogP contribution in [0.4, 0.5) is 0 Å². The van der Waals surface area contributed by atoms with Gasteiger partial charge in [0.1, 0.15) is 0 Å². The molecule has 3 rings (SSSR count). The second kappa shape index (κ2) is 5.98. The molecule has 1 N–H and O–H groups in total. The van der Waals surface area contributed by atoms with Crippen molar-refractivity contribution in [2.75, 3.05) is 6.54 Å². The van der Waals surface area contributed by atoms with Crippen LogP contribution in [0.5, 0.6) is 0 Å². The van der Waals surface area contributed by atoms with E-state index in [0.717, 1.165) is 24.1 Å². The van der Waals surface area contributed by atoms with Crippen LogP contribution in [0, 0.1) is 0 Å². The van der Waals surface area contributed by atoms with Gasteiger partial charge in [-0.05, 0) is 23.6 Å². The lowest BCUT2D eigenvalue weighted by Crippen LogP contribution is -2.27. The number of para-hydroxylation sites is 2. The van der Waals surface area contributed by atoms with Gasteiger partial charge in [0.25, 0.3) is 5.56 Å². The normalized spacial score (nSPS) is 11.0. The maximum absolute atomic E-state index is 11.9. The van der Waals surface area contributed by atoms with Gasteiger partial charge in [0, 0.05) is 24.5 Å². The Hall–Kier alpha value is -1.98. The number of nitrogens with one attached hydrogen (secondary N) is 1. The van der Waals surface area contributed by atoms with Crippen LogP contribution in [0.15, 0.2) is 52.8 Å². The van der Waals surface area contributed by atoms with E-state index >= 15 is 0 Å². The van der Waals surface area contributed by atoms with E-state index in [9.17, 15) is 4.79 Å². The number of hydrogen-bond donors (Lipinski definition) is 1. The van der Waals surface area contributed by atoms with Crippen LogP contribution in [0.25, 0.3) is 11.0 Å². The summed E-state index contributed by atoms with van der Waals surface area (Å²) >= 11 is 1.73. The van der Waals surface area contributed by atoms with Gasteiger partial charge in [-0.2, -0.15) is 0 Å². The van der Waals surface area contributed by atoms with Crippen molar-refractivity contribution in [3.05, 3.63) is 63.2 Å². The van der Waals surface area contributed by atoms with Gasteiger partial charge < -0.3 is 9.88 Å². The fourth-order valence-electron chi connectivity index (χ4n) is 2.16. The molecule has 5 heteroatoms. The maximum atomic E-state index is 11.9. The minimum atomic E-state index is -0.0541. The van der Waals surface area contributed by atoms with Crippen molar-refractivity contribution >= 4 is 22.4 Å². The largest absolute Gasteiger partial charge is 0.310 e. The van der Waals surface area contributed by atoms with Crippen LogP contribution in [-0.4, -0.2) is 16.1 Å². The van der Waals surface area contributed by atoms with Gasteiger partial charge in [0.05, 0.1) is 17.2 Å². The van der Waals surface area contributed by atoms with Crippen molar-refractivity contribution in [3.63, 3.8) is 0 Å². The summed E-state index contributed by atoms with van der Waals surface area (Å²) in [4.78, 5) is 17.4. The summed E-state index contributed by atoms with van der Waals surface area (Å²) in [5.41, 5.74) is 1.69. The molecule has 0 unspecified atom stereocenters. The third-order valence-electron chi connectivity index (χ3n) is 3.14. The number of fused-ring (bicyclic) bond motifs is 1. The maximum Gasteiger partial charge on any atom is 0.269 e. The van der Waals surface area contributed by atoms with Crippen LogP contribution >= 0.6 is 11.3 Å². The molecule has 0 amide bonds. The zero-order chi connectivity index (χ0) is 13.8. The van der Waals surface area contributed by atoms with E-state index in [-0.39, 0.29) is 5.56 Å². The lowest BCUT2D eigenvalue weighted by molar-refractivity contribution is 0.599. The van der Waals surface area contributed by atoms with E-state index < -0.39 is 0 Å². The van der Waals surface area contributed by atoms with E-state index in [1.807, 2.05) is 30.3 Å². The van der Waals surface area contributed by atoms with Crippen molar-refractivity contribution in [3.8, 4) is 0 Å². The molecule has 4 nitrogen and oxygen atoms in total. The standard InChI is InChI=1S/C15H15N3OS/c19-15-11-17-13-5-1-2-6-14(13)18(15)8-7-16-10-12-4-3-9-20-12/h1-6,9,11,16H,7-8,10H2. The Morgan fingerprint density at radius 3 is 2.95 bits per heavy atom. The first-order valence-electron chi connectivity index (χ1n) is 6.52. The van der Waals surface area contributed by atoms with E-state index in [1.165, 1.54) is 11.1 Å². The average Bonchev–Trinajstić information content (AvgIpc) is 2.98. The summed E-state index contributed by atoms with van der Waals surface area (Å²) in [6.07, 6.45) is 1.39. The Bertz CT molecular complexity index is 749. The van der Waals surface area contributed by atoms with Gasteiger partial charge in [-0.15, -0.1) is 11.3 Å². The number of nitrogens with zero attached hydrogens (tertiary/aromatic N) is 2. The minimum absolute atomic E-state index is 0.0541. The number of hydrogen-bond acceptors (Lipinski definition) is 4. The van der Waals surface area contributed by atoms with E-state index in [4.69, 9.17) is 0 Å². The summed E-state index contributed by atoms with van der Waals surface area (Å²) in [5, 5.41) is 5.43. The monoisotopic (exact) mass is 285 g/mol. The van der Waals surface area contributed by atoms with E-state index in [2.05, 4.69) is 21.7 Å². The van der Waals surface area contributed by atoms with Crippen molar-refractivity contribution in [2.24, 2.45) is 0 Å². The average molecular weight is 285 g/mol. The molecule has 2 heterocycles. The predicted molar refractivity (Wildman–Crippen MR) is 82.0 cm³/mol. The fourth-order valence-corrected chi connectivity index (χ4v) is 2.84. The number of thiophene rings is 1. The van der Waals surface area contributed by atoms with Gasteiger partial charge in [-0.1, -0.05) is 18.2 Å². The van der Waals surface area contributed by atoms with Crippen molar-refractivity contribution in [1.82, 2.24) is 14.9 Å². The molecule has 3 aromatic rings. The Morgan fingerprint density at radius 1 is 1.20 bits per heavy atom. The van der Waals surface area contributed by atoms with Crippen LogP contribution in [-0.2, 0) is 13.1 Å². The molecule has 20 heavy (non-hydrogen) atoms. The van der Waals surface area contributed by atoms with Crippen LogP contribution in [0.1, 0.15) is 4.88 Å². The highest BCUT2D eigenvalue weighted by molar-refractivity contribution is 7.09. The first kappa shape index (κ1) is 13.0. The number of aromatic nitrogens is 2. The Balaban J connectivity index is 1.71. The lowest BCUT2D eigenvalue weighted by Gasteiger charge is -2.09. The molecule has 0 aliphatic heterocycles. The van der Waals surface area contributed by atoms with Gasteiger partial charge in [-0.25, -0.2) is 4.98 Å². The lowest BCUT2D eigenvalue weighted by atomic mass is 10.3. The molecule has 0 bridgehead atoms. The summed E-state index contributed by atoms with van der Waals surface area (Å²) in [7, 11) is 0. The smallest absolute Gasteiger partial charge is 0.269 e. The second-order valence-corrected chi connectivity index (χ2v) is 5.53. The highest BCUT2D eigenvalue weighted by Gasteiger charge is 2.03. The molecule has 0 saturated carbocycles. The Labute approximate surface area is 120 Å². The minimum Gasteiger partial charge on any atom is -0.310 e. The topological polar surface area (TPSA) is 46.9 Å².